The zero-order valence-corrected chi connectivity index (χ0v) is 10.0. The van der Waals surface area contributed by atoms with Gasteiger partial charge >= 0.3 is 0 Å². The van der Waals surface area contributed by atoms with Gasteiger partial charge in [0.2, 0.25) is 0 Å². The van der Waals surface area contributed by atoms with Gasteiger partial charge in [-0.1, -0.05) is 0 Å². The molecule has 0 heterocycles. The largest absolute Gasteiger partial charge is 0.398 e. The van der Waals surface area contributed by atoms with Gasteiger partial charge in [0, 0.05) is 11.3 Å². The number of ketones is 1. The molecule has 2 rings (SSSR count). The van der Waals surface area contributed by atoms with Crippen molar-refractivity contribution < 1.29 is 18.0 Å². The fourth-order valence-electron chi connectivity index (χ4n) is 1.69. The van der Waals surface area contributed by atoms with Crippen LogP contribution in [0.25, 0.3) is 0 Å². The van der Waals surface area contributed by atoms with E-state index in [4.69, 9.17) is 5.73 Å². The predicted molar refractivity (Wildman–Crippen MR) is 65.3 cm³/mol. The van der Waals surface area contributed by atoms with Gasteiger partial charge in [0.15, 0.2) is 5.78 Å². The Hall–Kier alpha value is -2.30. The Bertz CT molecular complexity index is 668. The van der Waals surface area contributed by atoms with Crippen LogP contribution >= 0.6 is 0 Å². The normalized spacial score (nSPS) is 10.5. The van der Waals surface area contributed by atoms with E-state index in [0.717, 1.165) is 24.3 Å². The van der Waals surface area contributed by atoms with E-state index in [-0.39, 0.29) is 16.8 Å². The lowest BCUT2D eigenvalue weighted by atomic mass is 10.00. The molecule has 0 amide bonds. The molecule has 0 aromatic heterocycles. The van der Waals surface area contributed by atoms with Crippen LogP contribution in [0.1, 0.15) is 21.5 Å². The van der Waals surface area contributed by atoms with Crippen molar-refractivity contribution in [3.8, 4) is 0 Å². The number of nitrogens with two attached hydrogens (primary N) is 1. The van der Waals surface area contributed by atoms with Gasteiger partial charge in [-0.2, -0.15) is 0 Å². The summed E-state index contributed by atoms with van der Waals surface area (Å²) in [7, 11) is 0. The van der Waals surface area contributed by atoms with Crippen LogP contribution in [0.2, 0.25) is 0 Å². The molecular weight excluding hydrogens is 255 g/mol. The summed E-state index contributed by atoms with van der Waals surface area (Å²) in [6, 6.07) is 4.88. The maximum absolute atomic E-state index is 13.7. The summed E-state index contributed by atoms with van der Waals surface area (Å²) in [6.45, 7) is 1.38. The Morgan fingerprint density at radius 3 is 2.37 bits per heavy atom. The summed E-state index contributed by atoms with van der Waals surface area (Å²) >= 11 is 0. The number of hydrogen-bond acceptors (Lipinski definition) is 2. The first-order valence-electron chi connectivity index (χ1n) is 5.45. The van der Waals surface area contributed by atoms with Crippen LogP contribution in [0.4, 0.5) is 18.9 Å². The van der Waals surface area contributed by atoms with Crippen LogP contribution in [0.15, 0.2) is 30.3 Å². The smallest absolute Gasteiger partial charge is 0.198 e. The van der Waals surface area contributed by atoms with E-state index in [9.17, 15) is 18.0 Å². The van der Waals surface area contributed by atoms with E-state index < -0.39 is 28.8 Å². The van der Waals surface area contributed by atoms with Crippen molar-refractivity contribution in [2.75, 3.05) is 5.73 Å². The van der Waals surface area contributed by atoms with Crippen molar-refractivity contribution in [3.63, 3.8) is 0 Å². The number of carbonyl (C=O) groups excluding carboxylic acids is 1. The summed E-state index contributed by atoms with van der Waals surface area (Å²) in [6.07, 6.45) is 0. The van der Waals surface area contributed by atoms with Crippen LogP contribution in [-0.2, 0) is 0 Å². The first-order chi connectivity index (χ1) is 8.90. The fourth-order valence-corrected chi connectivity index (χ4v) is 1.69. The zero-order chi connectivity index (χ0) is 14.2. The van der Waals surface area contributed by atoms with Crippen molar-refractivity contribution in [1.29, 1.82) is 0 Å². The molecule has 98 valence electrons. The quantitative estimate of drug-likeness (QED) is 0.669. The molecule has 19 heavy (non-hydrogen) atoms. The fraction of sp³-hybridized carbons (Fsp3) is 0.0714. The molecule has 0 saturated heterocycles. The van der Waals surface area contributed by atoms with Crippen molar-refractivity contribution in [2.45, 2.75) is 6.92 Å². The van der Waals surface area contributed by atoms with E-state index in [2.05, 4.69) is 0 Å². The van der Waals surface area contributed by atoms with Gasteiger partial charge in [0.25, 0.3) is 0 Å². The third kappa shape index (κ3) is 2.45. The Labute approximate surface area is 107 Å². The molecule has 5 heteroatoms. The lowest BCUT2D eigenvalue weighted by molar-refractivity contribution is 0.103. The summed E-state index contributed by atoms with van der Waals surface area (Å²) in [4.78, 5) is 12.1. The van der Waals surface area contributed by atoms with E-state index in [1.807, 2.05) is 0 Å². The van der Waals surface area contributed by atoms with Crippen molar-refractivity contribution in [1.82, 2.24) is 0 Å². The summed E-state index contributed by atoms with van der Waals surface area (Å²) in [5.74, 6) is -3.11. The number of anilines is 1. The van der Waals surface area contributed by atoms with Gasteiger partial charge in [0.05, 0.1) is 5.56 Å². The molecule has 0 radical (unpaired) electrons. The first-order valence-corrected chi connectivity index (χ1v) is 5.45. The number of aryl methyl sites for hydroxylation is 1. The number of rotatable bonds is 2. The molecule has 0 aliphatic rings. The van der Waals surface area contributed by atoms with Crippen LogP contribution in [0.3, 0.4) is 0 Å². The summed E-state index contributed by atoms with van der Waals surface area (Å²) in [5.41, 5.74) is 4.97. The predicted octanol–water partition coefficient (Wildman–Crippen LogP) is 3.23. The maximum Gasteiger partial charge on any atom is 0.198 e. The summed E-state index contributed by atoms with van der Waals surface area (Å²) < 4.78 is 40.2. The number of halogens is 3. The average Bonchev–Trinajstić information content (AvgIpc) is 2.36. The average molecular weight is 265 g/mol. The topological polar surface area (TPSA) is 43.1 Å². The Balaban J connectivity index is 2.56. The molecule has 2 aromatic carbocycles. The van der Waals surface area contributed by atoms with Crippen LogP contribution in [0.5, 0.6) is 0 Å². The van der Waals surface area contributed by atoms with Crippen molar-refractivity contribution in [2.24, 2.45) is 0 Å². The minimum absolute atomic E-state index is 0.00628. The number of nitrogen functional groups attached to an aromatic ring is 1. The molecular formula is C14H10F3NO. The molecule has 0 fully saturated rings. The maximum atomic E-state index is 13.7. The van der Waals surface area contributed by atoms with Gasteiger partial charge in [-0.25, -0.2) is 13.2 Å². The van der Waals surface area contributed by atoms with Gasteiger partial charge in [0.1, 0.15) is 17.5 Å². The summed E-state index contributed by atoms with van der Waals surface area (Å²) in [5, 5.41) is 0. The van der Waals surface area contributed by atoms with Crippen molar-refractivity contribution >= 4 is 11.5 Å². The van der Waals surface area contributed by atoms with Crippen LogP contribution < -0.4 is 5.73 Å². The van der Waals surface area contributed by atoms with Gasteiger partial charge < -0.3 is 5.73 Å². The third-order valence-electron chi connectivity index (χ3n) is 2.75. The highest BCUT2D eigenvalue weighted by Crippen LogP contribution is 2.21. The molecule has 2 N–H and O–H groups in total. The number of carbonyl (C=O) groups is 1. The Kier molecular flexibility index (Phi) is 3.29. The van der Waals surface area contributed by atoms with E-state index in [1.54, 1.807) is 0 Å². The first kappa shape index (κ1) is 13.1. The minimum Gasteiger partial charge on any atom is -0.398 e. The highest BCUT2D eigenvalue weighted by Gasteiger charge is 2.19. The SMILES string of the molecule is Cc1cc(F)c(C(=O)c2cc(F)ccc2N)cc1F. The second kappa shape index (κ2) is 4.76. The molecule has 2 aromatic rings. The lowest BCUT2D eigenvalue weighted by Gasteiger charge is -2.07. The molecule has 0 aliphatic carbocycles. The molecule has 0 aliphatic heterocycles. The van der Waals surface area contributed by atoms with Gasteiger partial charge in [-0.3, -0.25) is 4.79 Å². The Morgan fingerprint density at radius 2 is 1.68 bits per heavy atom. The monoisotopic (exact) mass is 265 g/mol. The molecule has 0 spiro atoms. The number of hydrogen-bond donors (Lipinski definition) is 1. The Morgan fingerprint density at radius 1 is 1.00 bits per heavy atom. The second-order valence-electron chi connectivity index (χ2n) is 4.14. The van der Waals surface area contributed by atoms with E-state index >= 15 is 0 Å². The van der Waals surface area contributed by atoms with E-state index in [0.29, 0.717) is 0 Å². The second-order valence-corrected chi connectivity index (χ2v) is 4.14. The standard InChI is InChI=1S/C14H10F3NO/c1-7-4-12(17)9(6-11(7)16)14(19)10-5-8(15)2-3-13(10)18/h2-6H,18H2,1H3. The van der Waals surface area contributed by atoms with Crippen molar-refractivity contribution in [3.05, 3.63) is 64.5 Å². The zero-order valence-electron chi connectivity index (χ0n) is 10.0. The molecule has 2 nitrogen and oxygen atoms in total. The highest BCUT2D eigenvalue weighted by atomic mass is 19.1. The third-order valence-corrected chi connectivity index (χ3v) is 2.75. The van der Waals surface area contributed by atoms with Gasteiger partial charge in [-0.15, -0.1) is 0 Å². The van der Waals surface area contributed by atoms with Crippen LogP contribution in [0, 0.1) is 24.4 Å². The van der Waals surface area contributed by atoms with Crippen LogP contribution in [-0.4, -0.2) is 5.78 Å². The minimum atomic E-state index is -0.868. The lowest BCUT2D eigenvalue weighted by Crippen LogP contribution is -2.09. The molecule has 0 atom stereocenters. The molecule has 0 bridgehead atoms. The molecule has 0 saturated carbocycles. The van der Waals surface area contributed by atoms with E-state index in [1.165, 1.54) is 13.0 Å². The highest BCUT2D eigenvalue weighted by molar-refractivity contribution is 6.12. The van der Waals surface area contributed by atoms with Gasteiger partial charge in [-0.05, 0) is 42.8 Å². The number of benzene rings is 2. The molecule has 0 unspecified atom stereocenters.